The fourth-order valence-electron chi connectivity index (χ4n) is 1.19. The second kappa shape index (κ2) is 4.55. The molecule has 1 aromatic heterocycles. The highest BCUT2D eigenvalue weighted by atomic mass is 15.0. The number of pyridine rings is 1. The summed E-state index contributed by atoms with van der Waals surface area (Å²) in [5, 5.41) is 0. The lowest BCUT2D eigenvalue weighted by molar-refractivity contribution is -0.391. The van der Waals surface area contributed by atoms with E-state index in [1.807, 2.05) is 51.5 Å². The Hall–Kier alpha value is -1.44. The lowest BCUT2D eigenvalue weighted by Gasteiger charge is -1.99. The Balaban J connectivity index is 3.07. The second-order valence-corrected chi connectivity index (χ2v) is 2.76. The minimum Gasteiger partial charge on any atom is -0.250 e. The molecule has 0 aliphatic rings. The van der Waals surface area contributed by atoms with Gasteiger partial charge in [-0.25, -0.2) is 9.56 Å². The zero-order valence-electron chi connectivity index (χ0n) is 8.36. The number of hydrogen-bond donors (Lipinski definition) is 0. The van der Waals surface area contributed by atoms with Crippen LogP contribution in [0.4, 0.5) is 0 Å². The number of hydrogen-bond acceptors (Lipinski definition) is 1. The topological polar surface area (TPSA) is 15.9 Å². The van der Waals surface area contributed by atoms with E-state index in [1.54, 1.807) is 0 Å². The van der Waals surface area contributed by atoms with Gasteiger partial charge in [-0.15, -0.1) is 0 Å². The molecular weight excluding hydrogens is 160 g/mol. The van der Waals surface area contributed by atoms with Crippen LogP contribution in [0.15, 0.2) is 30.5 Å². The first-order chi connectivity index (χ1) is 6.29. The fourth-order valence-corrected chi connectivity index (χ4v) is 1.19. The van der Waals surface area contributed by atoms with Gasteiger partial charge in [0.1, 0.15) is 19.0 Å². The fraction of sp³-hybridized carbons (Fsp3) is 0.273. The van der Waals surface area contributed by atoms with Gasteiger partial charge in [-0.05, 0) is 25.1 Å². The summed E-state index contributed by atoms with van der Waals surface area (Å²) in [6.45, 7) is 4.02. The molecule has 2 heteroatoms. The molecule has 68 valence electrons. The molecule has 0 amide bonds. The van der Waals surface area contributed by atoms with Crippen molar-refractivity contribution in [2.75, 3.05) is 7.05 Å². The lowest BCUT2D eigenvalue weighted by atomic mass is 10.2. The molecule has 0 bridgehead atoms. The van der Waals surface area contributed by atoms with Crippen LogP contribution in [-0.2, 0) is 0 Å². The van der Waals surface area contributed by atoms with Gasteiger partial charge in [-0.2, -0.15) is 0 Å². The van der Waals surface area contributed by atoms with Crippen molar-refractivity contribution in [1.29, 1.82) is 0 Å². The van der Waals surface area contributed by atoms with Gasteiger partial charge in [0.2, 0.25) is 5.70 Å². The van der Waals surface area contributed by atoms with Crippen molar-refractivity contribution in [2.45, 2.75) is 13.8 Å². The molecule has 0 atom stereocenters. The van der Waals surface area contributed by atoms with Crippen LogP contribution >= 0.6 is 0 Å². The Labute approximate surface area is 79.3 Å². The maximum absolute atomic E-state index is 4.29. The molecule has 0 saturated carbocycles. The number of rotatable bonds is 2. The Morgan fingerprint density at radius 3 is 2.62 bits per heavy atom. The van der Waals surface area contributed by atoms with Crippen LogP contribution < -0.4 is 0 Å². The van der Waals surface area contributed by atoms with E-state index in [9.17, 15) is 0 Å². The highest BCUT2D eigenvalue weighted by Gasteiger charge is 2.09. The van der Waals surface area contributed by atoms with Gasteiger partial charge in [0, 0.05) is 13.1 Å². The normalized spacial score (nSPS) is 13.2. The molecule has 0 radical (unpaired) electrons. The van der Waals surface area contributed by atoms with E-state index >= 15 is 0 Å². The summed E-state index contributed by atoms with van der Waals surface area (Å²) in [7, 11) is 2.02. The van der Waals surface area contributed by atoms with E-state index in [0.717, 1.165) is 11.4 Å². The minimum atomic E-state index is 1.01. The molecule has 1 aromatic rings. The van der Waals surface area contributed by atoms with Crippen LogP contribution in [0.5, 0.6) is 0 Å². The summed E-state index contributed by atoms with van der Waals surface area (Å²) < 4.78 is 2.06. The van der Waals surface area contributed by atoms with E-state index in [-0.39, 0.29) is 0 Å². The van der Waals surface area contributed by atoms with Crippen molar-refractivity contribution in [2.24, 2.45) is 0 Å². The van der Waals surface area contributed by atoms with Crippen LogP contribution in [0, 0.1) is 0 Å². The van der Waals surface area contributed by atoms with Crippen LogP contribution in [0.2, 0.25) is 0 Å². The van der Waals surface area contributed by atoms with E-state index in [1.165, 1.54) is 0 Å². The summed E-state index contributed by atoms with van der Waals surface area (Å²) >= 11 is 0. The van der Waals surface area contributed by atoms with Crippen LogP contribution in [0.3, 0.4) is 0 Å². The van der Waals surface area contributed by atoms with Gasteiger partial charge >= 0.3 is 0 Å². The smallest absolute Gasteiger partial charge is 0.226 e. The van der Waals surface area contributed by atoms with E-state index in [4.69, 9.17) is 0 Å². The third kappa shape index (κ3) is 2.25. The lowest BCUT2D eigenvalue weighted by Crippen LogP contribution is -2.05. The molecule has 1 rings (SSSR count). The molecule has 0 aliphatic heterocycles. The van der Waals surface area contributed by atoms with Crippen molar-refractivity contribution in [3.05, 3.63) is 36.2 Å². The summed E-state index contributed by atoms with van der Waals surface area (Å²) in [6, 6.07) is 5.93. The summed E-state index contributed by atoms with van der Waals surface area (Å²) in [4.78, 5) is 4.29. The van der Waals surface area contributed by atoms with Crippen molar-refractivity contribution >= 4 is 11.9 Å². The van der Waals surface area contributed by atoms with Gasteiger partial charge in [-0.1, -0.05) is 6.07 Å². The Morgan fingerprint density at radius 1 is 1.38 bits per heavy atom. The predicted molar refractivity (Wildman–Crippen MR) is 55.8 cm³/mol. The van der Waals surface area contributed by atoms with Crippen molar-refractivity contribution in [3.8, 4) is 0 Å². The monoisotopic (exact) mass is 175 g/mol. The Kier molecular flexibility index (Phi) is 3.38. The van der Waals surface area contributed by atoms with Gasteiger partial charge < -0.3 is 0 Å². The summed E-state index contributed by atoms with van der Waals surface area (Å²) in [5.41, 5.74) is 2.13. The highest BCUT2D eigenvalue weighted by Crippen LogP contribution is 2.10. The molecule has 1 heterocycles. The van der Waals surface area contributed by atoms with Crippen LogP contribution in [-0.4, -0.2) is 22.8 Å². The maximum atomic E-state index is 4.29. The molecule has 0 N–H and O–H groups in total. The number of allylic oxidation sites excluding steroid dienone is 1. The highest BCUT2D eigenvalue weighted by molar-refractivity contribution is 5.59. The van der Waals surface area contributed by atoms with Crippen LogP contribution in [0.1, 0.15) is 19.5 Å². The average molecular weight is 175 g/mol. The third-order valence-corrected chi connectivity index (χ3v) is 1.97. The standard InChI is InChI=1S/C11H15N2/c1-4-11(13(3)5-2)10-8-6-7-9-12-10/h4-9H,1-3H3/q+1/b11-4-,13-5?. The first kappa shape index (κ1) is 9.65. The zero-order chi connectivity index (χ0) is 9.68. The van der Waals surface area contributed by atoms with Gasteiger partial charge in [0.05, 0.1) is 0 Å². The zero-order valence-corrected chi connectivity index (χ0v) is 8.36. The SMILES string of the molecule is CC=[N+](C)/C(=C\C)c1ccccn1. The molecule has 13 heavy (non-hydrogen) atoms. The van der Waals surface area contributed by atoms with E-state index in [0.29, 0.717) is 0 Å². The molecule has 0 fully saturated rings. The first-order valence-electron chi connectivity index (χ1n) is 4.39. The first-order valence-corrected chi connectivity index (χ1v) is 4.39. The van der Waals surface area contributed by atoms with Crippen molar-refractivity contribution < 1.29 is 4.58 Å². The molecule has 0 unspecified atom stereocenters. The van der Waals surface area contributed by atoms with Gasteiger partial charge in [0.25, 0.3) is 0 Å². The van der Waals surface area contributed by atoms with E-state index in [2.05, 4.69) is 15.6 Å². The number of aromatic nitrogens is 1. The second-order valence-electron chi connectivity index (χ2n) is 2.76. The van der Waals surface area contributed by atoms with Gasteiger partial charge in [-0.3, -0.25) is 0 Å². The molecule has 0 aromatic carbocycles. The third-order valence-electron chi connectivity index (χ3n) is 1.97. The molecule has 2 nitrogen and oxygen atoms in total. The largest absolute Gasteiger partial charge is 0.250 e. The summed E-state index contributed by atoms with van der Waals surface area (Å²) in [5.74, 6) is 0. The Morgan fingerprint density at radius 2 is 2.15 bits per heavy atom. The molecular formula is C11H15N2+. The van der Waals surface area contributed by atoms with Crippen LogP contribution in [0.25, 0.3) is 5.70 Å². The Bertz CT molecular complexity index is 323. The van der Waals surface area contributed by atoms with Crippen molar-refractivity contribution in [1.82, 2.24) is 4.98 Å². The predicted octanol–water partition coefficient (Wildman–Crippen LogP) is 2.18. The molecule has 0 saturated heterocycles. The van der Waals surface area contributed by atoms with E-state index < -0.39 is 0 Å². The summed E-state index contributed by atoms with van der Waals surface area (Å²) in [6.07, 6.45) is 5.88. The quantitative estimate of drug-likeness (QED) is 0.497. The maximum Gasteiger partial charge on any atom is 0.226 e. The average Bonchev–Trinajstić information content (AvgIpc) is 2.20. The number of nitrogens with zero attached hydrogens (tertiary/aromatic N) is 2. The van der Waals surface area contributed by atoms with Crippen molar-refractivity contribution in [3.63, 3.8) is 0 Å². The molecule has 0 aliphatic carbocycles. The molecule has 0 spiro atoms. The van der Waals surface area contributed by atoms with Gasteiger partial charge in [0.15, 0.2) is 0 Å². The minimum absolute atomic E-state index is 1.01.